The third-order valence-corrected chi connectivity index (χ3v) is 5.35. The number of halogens is 1. The van der Waals surface area contributed by atoms with Gasteiger partial charge >= 0.3 is 5.97 Å². The van der Waals surface area contributed by atoms with E-state index in [-0.39, 0.29) is 30.0 Å². The summed E-state index contributed by atoms with van der Waals surface area (Å²) >= 11 is 4.49. The summed E-state index contributed by atoms with van der Waals surface area (Å²) < 4.78 is 11.5. The smallest absolute Gasteiger partial charge is 0.326 e. The van der Waals surface area contributed by atoms with E-state index in [9.17, 15) is 9.59 Å². The van der Waals surface area contributed by atoms with Gasteiger partial charge in [0.1, 0.15) is 6.54 Å². The SMILES string of the molecule is CCOC(=O)CN(C(=O)CSc1nnc(-c2cccc(C)c2)o1)c1ccc(Br)cc1. The molecule has 1 heterocycles. The highest BCUT2D eigenvalue weighted by atomic mass is 79.9. The monoisotopic (exact) mass is 489 g/mol. The maximum Gasteiger partial charge on any atom is 0.326 e. The van der Waals surface area contributed by atoms with E-state index >= 15 is 0 Å². The molecule has 0 aliphatic rings. The molecule has 9 heteroatoms. The Morgan fingerprint density at radius 1 is 1.17 bits per heavy atom. The minimum atomic E-state index is -0.474. The predicted octanol–water partition coefficient (Wildman–Crippen LogP) is 4.50. The Bertz CT molecular complexity index is 1020. The van der Waals surface area contributed by atoms with E-state index in [1.807, 2.05) is 31.2 Å². The van der Waals surface area contributed by atoms with Gasteiger partial charge in [0.15, 0.2) is 0 Å². The first-order chi connectivity index (χ1) is 14.5. The fourth-order valence-electron chi connectivity index (χ4n) is 2.64. The van der Waals surface area contributed by atoms with Gasteiger partial charge in [-0.15, -0.1) is 10.2 Å². The van der Waals surface area contributed by atoms with E-state index in [0.29, 0.717) is 11.6 Å². The molecule has 0 aliphatic heterocycles. The molecule has 1 amide bonds. The van der Waals surface area contributed by atoms with Crippen LogP contribution in [0.25, 0.3) is 11.5 Å². The Kier molecular flexibility index (Phi) is 7.64. The molecule has 2 aromatic carbocycles. The molecule has 1 aromatic heterocycles. The number of aryl methyl sites for hydroxylation is 1. The number of amides is 1. The van der Waals surface area contributed by atoms with Crippen LogP contribution in [0.4, 0.5) is 5.69 Å². The topological polar surface area (TPSA) is 85.5 Å². The largest absolute Gasteiger partial charge is 0.465 e. The van der Waals surface area contributed by atoms with E-state index in [1.54, 1.807) is 31.2 Å². The van der Waals surface area contributed by atoms with Crippen molar-refractivity contribution in [1.29, 1.82) is 0 Å². The lowest BCUT2D eigenvalue weighted by molar-refractivity contribution is -0.142. The second-order valence-electron chi connectivity index (χ2n) is 6.29. The Morgan fingerprint density at radius 3 is 2.63 bits per heavy atom. The highest BCUT2D eigenvalue weighted by molar-refractivity contribution is 9.10. The minimum absolute atomic E-state index is 0.0327. The van der Waals surface area contributed by atoms with Gasteiger partial charge in [0.05, 0.1) is 12.4 Å². The third-order valence-electron chi connectivity index (χ3n) is 4.02. The second-order valence-corrected chi connectivity index (χ2v) is 8.13. The summed E-state index contributed by atoms with van der Waals surface area (Å²) in [7, 11) is 0. The Labute approximate surface area is 186 Å². The summed E-state index contributed by atoms with van der Waals surface area (Å²) in [4.78, 5) is 26.2. The van der Waals surface area contributed by atoms with Crippen LogP contribution in [0.5, 0.6) is 0 Å². The zero-order chi connectivity index (χ0) is 21.5. The number of hydrogen-bond acceptors (Lipinski definition) is 7. The van der Waals surface area contributed by atoms with E-state index in [4.69, 9.17) is 9.15 Å². The van der Waals surface area contributed by atoms with Gasteiger partial charge in [-0.1, -0.05) is 45.4 Å². The molecular formula is C21H20BrN3O4S. The molecular weight excluding hydrogens is 470 g/mol. The van der Waals surface area contributed by atoms with E-state index in [1.165, 1.54) is 4.90 Å². The van der Waals surface area contributed by atoms with Gasteiger partial charge in [-0.05, 0) is 50.2 Å². The molecule has 0 unspecified atom stereocenters. The third kappa shape index (κ3) is 5.93. The fourth-order valence-corrected chi connectivity index (χ4v) is 3.55. The highest BCUT2D eigenvalue weighted by Gasteiger charge is 2.21. The van der Waals surface area contributed by atoms with Gasteiger partial charge in [0.2, 0.25) is 11.8 Å². The summed E-state index contributed by atoms with van der Waals surface area (Å²) in [6.07, 6.45) is 0. The zero-order valence-corrected chi connectivity index (χ0v) is 18.9. The molecule has 3 aromatic rings. The normalized spacial score (nSPS) is 10.6. The van der Waals surface area contributed by atoms with Crippen molar-refractivity contribution in [3.05, 3.63) is 58.6 Å². The van der Waals surface area contributed by atoms with Crippen LogP contribution in [0.1, 0.15) is 12.5 Å². The quantitative estimate of drug-likeness (QED) is 0.340. The van der Waals surface area contributed by atoms with Crippen molar-refractivity contribution in [3.63, 3.8) is 0 Å². The number of hydrogen-bond donors (Lipinski definition) is 0. The van der Waals surface area contributed by atoms with E-state index in [2.05, 4.69) is 26.1 Å². The second kappa shape index (κ2) is 10.4. The van der Waals surface area contributed by atoms with Crippen molar-refractivity contribution in [2.75, 3.05) is 23.8 Å². The number of aromatic nitrogens is 2. The number of esters is 1. The van der Waals surface area contributed by atoms with Crippen LogP contribution in [0.2, 0.25) is 0 Å². The van der Waals surface area contributed by atoms with E-state index < -0.39 is 5.97 Å². The molecule has 30 heavy (non-hydrogen) atoms. The fraction of sp³-hybridized carbons (Fsp3) is 0.238. The number of benzene rings is 2. The van der Waals surface area contributed by atoms with Crippen LogP contribution in [0.3, 0.4) is 0 Å². The van der Waals surface area contributed by atoms with Gasteiger partial charge in [0.25, 0.3) is 5.22 Å². The Morgan fingerprint density at radius 2 is 1.93 bits per heavy atom. The van der Waals surface area contributed by atoms with Gasteiger partial charge in [-0.2, -0.15) is 0 Å². The average Bonchev–Trinajstić information content (AvgIpc) is 3.20. The van der Waals surface area contributed by atoms with Crippen molar-refractivity contribution >= 4 is 45.3 Å². The molecule has 0 fully saturated rings. The lowest BCUT2D eigenvalue weighted by Gasteiger charge is -2.21. The molecule has 0 atom stereocenters. The van der Waals surface area contributed by atoms with Gasteiger partial charge < -0.3 is 14.1 Å². The standard InChI is InChI=1S/C21H20BrN3O4S/c1-3-28-19(27)12-25(17-9-7-16(22)8-10-17)18(26)13-30-21-24-23-20(29-21)15-6-4-5-14(2)11-15/h4-11H,3,12-13H2,1-2H3. The van der Waals surface area contributed by atoms with Gasteiger partial charge in [0, 0.05) is 15.7 Å². The maximum atomic E-state index is 12.9. The first-order valence-electron chi connectivity index (χ1n) is 9.21. The van der Waals surface area contributed by atoms with Crippen LogP contribution < -0.4 is 4.90 Å². The molecule has 0 radical (unpaired) electrons. The summed E-state index contributed by atoms with van der Waals surface area (Å²) in [5.74, 6) is -0.320. The van der Waals surface area contributed by atoms with Crippen LogP contribution in [-0.2, 0) is 14.3 Å². The summed E-state index contributed by atoms with van der Waals surface area (Å²) in [5.41, 5.74) is 2.50. The molecule has 7 nitrogen and oxygen atoms in total. The molecule has 156 valence electrons. The molecule has 0 saturated carbocycles. The maximum absolute atomic E-state index is 12.9. The van der Waals surface area contributed by atoms with Crippen molar-refractivity contribution in [2.45, 2.75) is 19.1 Å². The summed E-state index contributed by atoms with van der Waals surface area (Å²) in [5, 5.41) is 8.34. The van der Waals surface area contributed by atoms with Crippen molar-refractivity contribution < 1.29 is 18.7 Å². The van der Waals surface area contributed by atoms with Crippen molar-refractivity contribution in [3.8, 4) is 11.5 Å². The summed E-state index contributed by atoms with van der Waals surface area (Å²) in [6.45, 7) is 3.78. The van der Waals surface area contributed by atoms with Crippen LogP contribution in [0.15, 0.2) is 62.6 Å². The molecule has 3 rings (SSSR count). The lowest BCUT2D eigenvalue weighted by Crippen LogP contribution is -2.37. The molecule has 0 saturated heterocycles. The number of thioether (sulfide) groups is 1. The number of carbonyl (C=O) groups is 2. The van der Waals surface area contributed by atoms with E-state index in [0.717, 1.165) is 27.4 Å². The highest BCUT2D eigenvalue weighted by Crippen LogP contribution is 2.25. The van der Waals surface area contributed by atoms with Crippen LogP contribution >= 0.6 is 27.7 Å². The minimum Gasteiger partial charge on any atom is -0.465 e. The number of nitrogens with zero attached hydrogens (tertiary/aromatic N) is 3. The van der Waals surface area contributed by atoms with Crippen molar-refractivity contribution in [1.82, 2.24) is 10.2 Å². The molecule has 0 spiro atoms. The van der Waals surface area contributed by atoms with Gasteiger partial charge in [-0.25, -0.2) is 0 Å². The van der Waals surface area contributed by atoms with Crippen LogP contribution in [-0.4, -0.2) is 41.0 Å². The first-order valence-corrected chi connectivity index (χ1v) is 11.0. The lowest BCUT2D eigenvalue weighted by atomic mass is 10.1. The molecule has 0 N–H and O–H groups in total. The Hall–Kier alpha value is -2.65. The number of carbonyl (C=O) groups excluding carboxylic acids is 2. The van der Waals surface area contributed by atoms with Crippen LogP contribution in [0, 0.1) is 6.92 Å². The molecule has 0 aliphatic carbocycles. The predicted molar refractivity (Wildman–Crippen MR) is 118 cm³/mol. The van der Waals surface area contributed by atoms with Gasteiger partial charge in [-0.3, -0.25) is 9.59 Å². The average molecular weight is 490 g/mol. The first kappa shape index (κ1) is 22.0. The molecule has 0 bridgehead atoms. The summed E-state index contributed by atoms with van der Waals surface area (Å²) in [6, 6.07) is 14.9. The van der Waals surface area contributed by atoms with Crippen molar-refractivity contribution in [2.24, 2.45) is 0 Å². The number of rotatable bonds is 8. The Balaban J connectivity index is 1.69. The zero-order valence-electron chi connectivity index (χ0n) is 16.5. The number of anilines is 1. The number of ether oxygens (including phenoxy) is 1.